The third-order valence-electron chi connectivity index (χ3n) is 7.23. The lowest BCUT2D eigenvalue weighted by Gasteiger charge is -2.31. The summed E-state index contributed by atoms with van der Waals surface area (Å²) in [6.07, 6.45) is 20.0. The zero-order valence-electron chi connectivity index (χ0n) is 20.1. The van der Waals surface area contributed by atoms with Gasteiger partial charge in [0.05, 0.1) is 0 Å². The molecule has 1 aromatic rings. The van der Waals surface area contributed by atoms with Crippen LogP contribution in [0.2, 0.25) is 0 Å². The molecule has 1 aliphatic heterocycles. The SMILES string of the molecule is CCCCCCCCCCCCCCCCN1c2ccc(Br)cc2C(C)(C)C1C.I. The van der Waals surface area contributed by atoms with Gasteiger partial charge in [-0.2, -0.15) is 0 Å². The highest BCUT2D eigenvalue weighted by Gasteiger charge is 2.41. The number of halogens is 2. The molecule has 1 nitrogen and oxygen atoms in total. The summed E-state index contributed by atoms with van der Waals surface area (Å²) < 4.78 is 1.20. The molecule has 1 atom stereocenters. The van der Waals surface area contributed by atoms with Crippen LogP contribution in [-0.4, -0.2) is 12.6 Å². The van der Waals surface area contributed by atoms with Crippen LogP contribution in [0.1, 0.15) is 123 Å². The van der Waals surface area contributed by atoms with Crippen molar-refractivity contribution in [2.45, 2.75) is 129 Å². The van der Waals surface area contributed by atoms with Crippen molar-refractivity contribution < 1.29 is 0 Å². The van der Waals surface area contributed by atoms with E-state index in [9.17, 15) is 0 Å². The topological polar surface area (TPSA) is 3.24 Å². The summed E-state index contributed by atoms with van der Waals surface area (Å²) in [5, 5.41) is 0. The molecular formula is C27H47BrIN. The minimum Gasteiger partial charge on any atom is -0.368 e. The molecule has 0 fully saturated rings. The van der Waals surface area contributed by atoms with Crippen LogP contribution in [0.15, 0.2) is 22.7 Å². The van der Waals surface area contributed by atoms with Crippen LogP contribution >= 0.6 is 39.9 Å². The van der Waals surface area contributed by atoms with Gasteiger partial charge in [0, 0.05) is 28.2 Å². The van der Waals surface area contributed by atoms with Gasteiger partial charge >= 0.3 is 0 Å². The Morgan fingerprint density at radius 1 is 0.800 bits per heavy atom. The lowest BCUT2D eigenvalue weighted by atomic mass is 9.81. The first kappa shape index (κ1) is 28.3. The quantitative estimate of drug-likeness (QED) is 0.145. The van der Waals surface area contributed by atoms with Gasteiger partial charge < -0.3 is 4.90 Å². The Kier molecular flexibility index (Phi) is 14.3. The highest BCUT2D eigenvalue weighted by atomic mass is 127. The highest BCUT2D eigenvalue weighted by Crippen LogP contribution is 2.46. The van der Waals surface area contributed by atoms with Crippen LogP contribution in [-0.2, 0) is 5.41 Å². The number of hydrogen-bond donors (Lipinski definition) is 0. The first-order valence-corrected chi connectivity index (χ1v) is 13.3. The Morgan fingerprint density at radius 2 is 1.27 bits per heavy atom. The van der Waals surface area contributed by atoms with Crippen LogP contribution < -0.4 is 4.90 Å². The fraction of sp³-hybridized carbons (Fsp3) is 0.778. The minimum absolute atomic E-state index is 0. The Hall–Kier alpha value is 0.230. The van der Waals surface area contributed by atoms with E-state index < -0.39 is 0 Å². The van der Waals surface area contributed by atoms with Gasteiger partial charge in [-0.1, -0.05) is 120 Å². The summed E-state index contributed by atoms with van der Waals surface area (Å²) in [6, 6.07) is 7.42. The van der Waals surface area contributed by atoms with Crippen molar-refractivity contribution in [2.24, 2.45) is 0 Å². The molecule has 1 unspecified atom stereocenters. The van der Waals surface area contributed by atoms with E-state index >= 15 is 0 Å². The number of benzene rings is 1. The lowest BCUT2D eigenvalue weighted by Crippen LogP contribution is -2.39. The Bertz CT molecular complexity index is 586. The van der Waals surface area contributed by atoms with Gasteiger partial charge in [-0.15, -0.1) is 24.0 Å². The molecule has 1 aliphatic rings. The molecule has 1 heterocycles. The maximum absolute atomic E-state index is 3.66. The van der Waals surface area contributed by atoms with Gasteiger partial charge in [0.1, 0.15) is 0 Å². The maximum Gasteiger partial charge on any atom is 0.0408 e. The minimum atomic E-state index is 0. The van der Waals surface area contributed by atoms with Gasteiger partial charge in [0.2, 0.25) is 0 Å². The number of rotatable bonds is 15. The fourth-order valence-electron chi connectivity index (χ4n) is 4.89. The van der Waals surface area contributed by atoms with E-state index in [0.29, 0.717) is 6.04 Å². The van der Waals surface area contributed by atoms with Crippen molar-refractivity contribution in [3.63, 3.8) is 0 Å². The molecule has 174 valence electrons. The zero-order chi connectivity index (χ0) is 21.1. The lowest BCUT2D eigenvalue weighted by molar-refractivity contribution is 0.436. The number of anilines is 1. The second-order valence-corrected chi connectivity index (χ2v) is 10.8. The number of unbranched alkanes of at least 4 members (excludes halogenated alkanes) is 13. The van der Waals surface area contributed by atoms with Gasteiger partial charge in [-0.3, -0.25) is 0 Å². The molecule has 0 aliphatic carbocycles. The molecular weight excluding hydrogens is 545 g/mol. The van der Waals surface area contributed by atoms with Crippen molar-refractivity contribution >= 4 is 45.6 Å². The smallest absolute Gasteiger partial charge is 0.0408 e. The maximum atomic E-state index is 3.66. The van der Waals surface area contributed by atoms with Gasteiger partial charge in [0.15, 0.2) is 0 Å². The standard InChI is InChI=1S/C27H46BrN.HI/c1-5-6-7-8-9-10-11-12-13-14-15-16-17-18-21-29-23(2)27(3,4)25-22-24(28)19-20-26(25)29;/h19-20,22-23H,5-18,21H2,1-4H3;1H. The van der Waals surface area contributed by atoms with E-state index in [1.54, 1.807) is 0 Å². The van der Waals surface area contributed by atoms with Crippen LogP contribution in [0.4, 0.5) is 5.69 Å². The number of fused-ring (bicyclic) bond motifs is 1. The highest BCUT2D eigenvalue weighted by molar-refractivity contribution is 14.0. The monoisotopic (exact) mass is 591 g/mol. The average Bonchev–Trinajstić information content (AvgIpc) is 2.88. The summed E-state index contributed by atoms with van der Waals surface area (Å²) in [7, 11) is 0. The molecule has 1 aromatic carbocycles. The third kappa shape index (κ3) is 8.64. The molecule has 0 saturated carbocycles. The van der Waals surface area contributed by atoms with Gasteiger partial charge in [-0.05, 0) is 37.1 Å². The van der Waals surface area contributed by atoms with Crippen molar-refractivity contribution in [1.82, 2.24) is 0 Å². The van der Waals surface area contributed by atoms with Crippen LogP contribution in [0, 0.1) is 0 Å². The van der Waals surface area contributed by atoms with Crippen LogP contribution in [0.3, 0.4) is 0 Å². The van der Waals surface area contributed by atoms with Gasteiger partial charge in [0.25, 0.3) is 0 Å². The van der Waals surface area contributed by atoms with E-state index in [0.717, 1.165) is 0 Å². The van der Waals surface area contributed by atoms with E-state index in [4.69, 9.17) is 0 Å². The molecule has 30 heavy (non-hydrogen) atoms. The second-order valence-electron chi connectivity index (χ2n) is 9.85. The van der Waals surface area contributed by atoms with Crippen LogP contribution in [0.5, 0.6) is 0 Å². The van der Waals surface area contributed by atoms with E-state index in [2.05, 4.69) is 66.7 Å². The molecule has 0 radical (unpaired) electrons. The largest absolute Gasteiger partial charge is 0.368 e. The van der Waals surface area contributed by atoms with Crippen LogP contribution in [0.25, 0.3) is 0 Å². The molecule has 0 N–H and O–H groups in total. The average molecular weight is 592 g/mol. The predicted molar refractivity (Wildman–Crippen MR) is 150 cm³/mol. The fourth-order valence-corrected chi connectivity index (χ4v) is 5.25. The molecule has 0 spiro atoms. The first-order chi connectivity index (χ1) is 14.0. The van der Waals surface area contributed by atoms with E-state index in [-0.39, 0.29) is 29.4 Å². The Balaban J connectivity index is 0.00000450. The third-order valence-corrected chi connectivity index (χ3v) is 7.72. The summed E-state index contributed by atoms with van der Waals surface area (Å²) >= 11 is 3.66. The summed E-state index contributed by atoms with van der Waals surface area (Å²) in [5.41, 5.74) is 3.19. The summed E-state index contributed by atoms with van der Waals surface area (Å²) in [6.45, 7) is 10.7. The summed E-state index contributed by atoms with van der Waals surface area (Å²) in [4.78, 5) is 2.66. The Labute approximate surface area is 213 Å². The van der Waals surface area contributed by atoms with Crippen molar-refractivity contribution in [3.05, 3.63) is 28.2 Å². The molecule has 0 amide bonds. The zero-order valence-corrected chi connectivity index (χ0v) is 24.1. The summed E-state index contributed by atoms with van der Waals surface area (Å²) in [5.74, 6) is 0. The van der Waals surface area contributed by atoms with E-state index in [1.807, 2.05) is 0 Å². The predicted octanol–water partition coefficient (Wildman–Crippen LogP) is 10.0. The van der Waals surface area contributed by atoms with Crippen molar-refractivity contribution in [2.75, 3.05) is 11.4 Å². The second kappa shape index (κ2) is 15.1. The first-order valence-electron chi connectivity index (χ1n) is 12.5. The van der Waals surface area contributed by atoms with Crippen molar-refractivity contribution in [3.8, 4) is 0 Å². The van der Waals surface area contributed by atoms with Gasteiger partial charge in [-0.25, -0.2) is 0 Å². The molecule has 2 rings (SSSR count). The number of hydrogen-bond acceptors (Lipinski definition) is 1. The Morgan fingerprint density at radius 3 is 1.77 bits per heavy atom. The van der Waals surface area contributed by atoms with E-state index in [1.165, 1.54) is 112 Å². The molecule has 0 aromatic heterocycles. The number of nitrogens with zero attached hydrogens (tertiary/aromatic N) is 1. The molecule has 3 heteroatoms. The normalized spacial score (nSPS) is 17.1. The van der Waals surface area contributed by atoms with Crippen molar-refractivity contribution in [1.29, 1.82) is 0 Å². The molecule has 0 bridgehead atoms. The molecule has 0 saturated heterocycles.